The predicted molar refractivity (Wildman–Crippen MR) is 61.9 cm³/mol. The molecule has 1 aliphatic heterocycles. The Labute approximate surface area is 98.1 Å². The summed E-state index contributed by atoms with van der Waals surface area (Å²) in [6, 6.07) is 5.22. The molecule has 1 aromatic rings. The summed E-state index contributed by atoms with van der Waals surface area (Å²) in [6.45, 7) is 0.0209. The molecule has 2 aliphatic rings. The molecular formula is C12H12N2O3. The van der Waals surface area contributed by atoms with Crippen molar-refractivity contribution in [2.45, 2.75) is 12.8 Å². The van der Waals surface area contributed by atoms with Crippen molar-refractivity contribution < 1.29 is 14.3 Å². The third-order valence-electron chi connectivity index (χ3n) is 2.83. The summed E-state index contributed by atoms with van der Waals surface area (Å²) in [7, 11) is 0. The molecule has 0 saturated heterocycles. The van der Waals surface area contributed by atoms with Crippen molar-refractivity contribution in [1.29, 1.82) is 0 Å². The largest absolute Gasteiger partial charge is 0.482 e. The van der Waals surface area contributed by atoms with Crippen molar-refractivity contribution >= 4 is 23.2 Å². The van der Waals surface area contributed by atoms with Gasteiger partial charge in [0.15, 0.2) is 6.61 Å². The topological polar surface area (TPSA) is 67.4 Å². The fourth-order valence-corrected chi connectivity index (χ4v) is 1.74. The average Bonchev–Trinajstić information content (AvgIpc) is 3.13. The van der Waals surface area contributed by atoms with Crippen LogP contribution in [-0.2, 0) is 9.59 Å². The highest BCUT2D eigenvalue weighted by Gasteiger charge is 2.29. The first-order valence-corrected chi connectivity index (χ1v) is 5.60. The zero-order valence-electron chi connectivity index (χ0n) is 9.16. The number of hydrogen-bond donors (Lipinski definition) is 2. The molecule has 1 fully saturated rings. The molecule has 2 amide bonds. The fraction of sp³-hybridized carbons (Fsp3) is 0.333. The second-order valence-corrected chi connectivity index (χ2v) is 4.31. The van der Waals surface area contributed by atoms with Crippen LogP contribution < -0.4 is 15.4 Å². The Kier molecular flexibility index (Phi) is 2.24. The lowest BCUT2D eigenvalue weighted by atomic mass is 10.2. The van der Waals surface area contributed by atoms with Crippen LogP contribution in [0.4, 0.5) is 11.4 Å². The average molecular weight is 232 g/mol. The molecule has 88 valence electrons. The molecule has 1 heterocycles. The van der Waals surface area contributed by atoms with Crippen molar-refractivity contribution in [2.75, 3.05) is 17.2 Å². The van der Waals surface area contributed by atoms with Crippen LogP contribution in [0.3, 0.4) is 0 Å². The van der Waals surface area contributed by atoms with E-state index in [-0.39, 0.29) is 24.3 Å². The van der Waals surface area contributed by atoms with Crippen molar-refractivity contribution in [3.63, 3.8) is 0 Å². The van der Waals surface area contributed by atoms with E-state index in [1.165, 1.54) is 0 Å². The van der Waals surface area contributed by atoms with E-state index in [2.05, 4.69) is 10.6 Å². The van der Waals surface area contributed by atoms with Gasteiger partial charge in [-0.2, -0.15) is 0 Å². The summed E-state index contributed by atoms with van der Waals surface area (Å²) >= 11 is 0. The minimum Gasteiger partial charge on any atom is -0.482 e. The Hall–Kier alpha value is -2.04. The van der Waals surface area contributed by atoms with Gasteiger partial charge in [-0.25, -0.2) is 0 Å². The molecule has 0 spiro atoms. The van der Waals surface area contributed by atoms with Crippen molar-refractivity contribution in [2.24, 2.45) is 5.92 Å². The van der Waals surface area contributed by atoms with Gasteiger partial charge >= 0.3 is 0 Å². The minimum absolute atomic E-state index is 0.0209. The number of carbonyl (C=O) groups excluding carboxylic acids is 2. The fourth-order valence-electron chi connectivity index (χ4n) is 1.74. The molecule has 0 aromatic heterocycles. The predicted octanol–water partition coefficient (Wildman–Crippen LogP) is 1.37. The first-order chi connectivity index (χ1) is 8.22. The number of benzene rings is 1. The van der Waals surface area contributed by atoms with Gasteiger partial charge < -0.3 is 15.4 Å². The molecule has 2 N–H and O–H groups in total. The molecule has 0 atom stereocenters. The maximum Gasteiger partial charge on any atom is 0.262 e. The van der Waals surface area contributed by atoms with E-state index in [1.54, 1.807) is 18.2 Å². The van der Waals surface area contributed by atoms with Crippen molar-refractivity contribution in [1.82, 2.24) is 0 Å². The monoisotopic (exact) mass is 232 g/mol. The normalized spacial score (nSPS) is 17.8. The van der Waals surface area contributed by atoms with Gasteiger partial charge in [0, 0.05) is 17.7 Å². The first-order valence-electron chi connectivity index (χ1n) is 5.60. The number of ether oxygens (including phenoxy) is 1. The molecular weight excluding hydrogens is 220 g/mol. The van der Waals surface area contributed by atoms with E-state index < -0.39 is 0 Å². The van der Waals surface area contributed by atoms with Crippen LogP contribution in [0.1, 0.15) is 12.8 Å². The van der Waals surface area contributed by atoms with Gasteiger partial charge in [-0.15, -0.1) is 0 Å². The van der Waals surface area contributed by atoms with Crippen LogP contribution in [0.15, 0.2) is 18.2 Å². The zero-order chi connectivity index (χ0) is 11.8. The number of fused-ring (bicyclic) bond motifs is 1. The van der Waals surface area contributed by atoms with Crippen LogP contribution in [0.2, 0.25) is 0 Å². The summed E-state index contributed by atoms with van der Waals surface area (Å²) in [6.07, 6.45) is 1.95. The van der Waals surface area contributed by atoms with Crippen LogP contribution in [0.25, 0.3) is 0 Å². The standard InChI is InChI=1S/C12H12N2O3/c15-11-6-17-10-5-8(3-4-9(10)14-11)13-12(16)7-1-2-7/h3-5,7H,1-2,6H2,(H,13,16)(H,14,15). The third kappa shape index (κ3) is 2.08. The number of rotatable bonds is 2. The lowest BCUT2D eigenvalue weighted by Gasteiger charge is -2.18. The van der Waals surface area contributed by atoms with E-state index in [9.17, 15) is 9.59 Å². The molecule has 3 rings (SSSR count). The highest BCUT2D eigenvalue weighted by molar-refractivity contribution is 5.97. The highest BCUT2D eigenvalue weighted by Crippen LogP contribution is 2.33. The van der Waals surface area contributed by atoms with Crippen LogP contribution in [0, 0.1) is 5.92 Å². The Morgan fingerprint density at radius 1 is 1.41 bits per heavy atom. The summed E-state index contributed by atoms with van der Waals surface area (Å²) < 4.78 is 5.27. The second kappa shape index (κ2) is 3.76. The summed E-state index contributed by atoms with van der Waals surface area (Å²) in [4.78, 5) is 22.7. The molecule has 1 aromatic carbocycles. The van der Waals surface area contributed by atoms with E-state index in [1.807, 2.05) is 0 Å². The molecule has 5 nitrogen and oxygen atoms in total. The first kappa shape index (κ1) is 10.1. The van der Waals surface area contributed by atoms with Gasteiger partial charge in [-0.1, -0.05) is 0 Å². The van der Waals surface area contributed by atoms with Crippen LogP contribution in [0.5, 0.6) is 5.75 Å². The van der Waals surface area contributed by atoms with E-state index >= 15 is 0 Å². The van der Waals surface area contributed by atoms with E-state index in [0.29, 0.717) is 17.1 Å². The highest BCUT2D eigenvalue weighted by atomic mass is 16.5. The van der Waals surface area contributed by atoms with Gasteiger partial charge in [0.25, 0.3) is 5.91 Å². The summed E-state index contributed by atoms with van der Waals surface area (Å²) in [5.41, 5.74) is 1.35. The Balaban J connectivity index is 1.78. The molecule has 5 heteroatoms. The lowest BCUT2D eigenvalue weighted by molar-refractivity contribution is -0.119. The number of carbonyl (C=O) groups is 2. The van der Waals surface area contributed by atoms with Gasteiger partial charge in [-0.05, 0) is 25.0 Å². The molecule has 1 saturated carbocycles. The van der Waals surface area contributed by atoms with Gasteiger partial charge in [0.05, 0.1) is 5.69 Å². The lowest BCUT2D eigenvalue weighted by Crippen LogP contribution is -2.25. The molecule has 0 unspecified atom stereocenters. The number of anilines is 2. The van der Waals surface area contributed by atoms with Gasteiger partial charge in [-0.3, -0.25) is 9.59 Å². The smallest absolute Gasteiger partial charge is 0.262 e. The minimum atomic E-state index is -0.160. The second-order valence-electron chi connectivity index (χ2n) is 4.31. The van der Waals surface area contributed by atoms with E-state index in [0.717, 1.165) is 12.8 Å². The van der Waals surface area contributed by atoms with Gasteiger partial charge in [0.2, 0.25) is 5.91 Å². The summed E-state index contributed by atoms with van der Waals surface area (Å²) in [5, 5.41) is 5.53. The van der Waals surface area contributed by atoms with Crippen LogP contribution in [-0.4, -0.2) is 18.4 Å². The molecule has 0 bridgehead atoms. The zero-order valence-corrected chi connectivity index (χ0v) is 9.16. The number of hydrogen-bond acceptors (Lipinski definition) is 3. The Morgan fingerprint density at radius 3 is 3.00 bits per heavy atom. The van der Waals surface area contributed by atoms with Crippen molar-refractivity contribution in [3.05, 3.63) is 18.2 Å². The number of nitrogens with one attached hydrogen (secondary N) is 2. The molecule has 0 radical (unpaired) electrons. The third-order valence-corrected chi connectivity index (χ3v) is 2.83. The Morgan fingerprint density at radius 2 is 2.24 bits per heavy atom. The summed E-state index contributed by atoms with van der Waals surface area (Å²) in [5.74, 6) is 0.668. The van der Waals surface area contributed by atoms with Gasteiger partial charge in [0.1, 0.15) is 5.75 Å². The SMILES string of the molecule is O=C1COc2cc(NC(=O)C3CC3)ccc2N1. The molecule has 1 aliphatic carbocycles. The van der Waals surface area contributed by atoms with Crippen molar-refractivity contribution in [3.8, 4) is 5.75 Å². The maximum atomic E-state index is 11.6. The van der Waals surface area contributed by atoms with Crippen LogP contribution >= 0.6 is 0 Å². The maximum absolute atomic E-state index is 11.6. The molecule has 17 heavy (non-hydrogen) atoms. The van der Waals surface area contributed by atoms with E-state index in [4.69, 9.17) is 4.74 Å². The number of amides is 2. The Bertz CT molecular complexity index is 495. The quantitative estimate of drug-likeness (QED) is 0.809.